The molecule has 6 heteroatoms. The minimum Gasteiger partial charge on any atom is -0.207 e. The maximum atomic E-state index is 13.5. The van der Waals surface area contributed by atoms with Crippen LogP contribution in [0.15, 0.2) is 23.1 Å². The van der Waals surface area contributed by atoms with Gasteiger partial charge in [0, 0.05) is 13.1 Å². The fourth-order valence-corrected chi connectivity index (χ4v) is 4.08. The number of benzene rings is 1. The predicted molar refractivity (Wildman–Crippen MR) is 68.3 cm³/mol. The van der Waals surface area contributed by atoms with Crippen molar-refractivity contribution in [2.75, 3.05) is 13.1 Å². The van der Waals surface area contributed by atoms with Crippen LogP contribution in [0.25, 0.3) is 0 Å². The Bertz CT molecular complexity index is 622. The van der Waals surface area contributed by atoms with E-state index in [0.29, 0.717) is 13.1 Å². The van der Waals surface area contributed by atoms with Crippen LogP contribution in [0.2, 0.25) is 0 Å². The summed E-state index contributed by atoms with van der Waals surface area (Å²) >= 11 is 0. The Labute approximate surface area is 112 Å². The Morgan fingerprint density at radius 1 is 1.47 bits per heavy atom. The normalized spacial score (nSPS) is 21.0. The molecule has 2 rings (SSSR count). The molecule has 0 N–H and O–H groups in total. The van der Waals surface area contributed by atoms with Crippen molar-refractivity contribution in [3.8, 4) is 6.07 Å². The summed E-state index contributed by atoms with van der Waals surface area (Å²) in [7, 11) is -3.79. The zero-order valence-corrected chi connectivity index (χ0v) is 11.5. The third-order valence-electron chi connectivity index (χ3n) is 3.32. The van der Waals surface area contributed by atoms with Gasteiger partial charge in [-0.15, -0.1) is 0 Å². The second-order valence-electron chi connectivity index (χ2n) is 4.84. The second kappa shape index (κ2) is 5.27. The zero-order chi connectivity index (χ0) is 14.0. The van der Waals surface area contributed by atoms with E-state index >= 15 is 0 Å². The first-order valence-electron chi connectivity index (χ1n) is 6.15. The largest absolute Gasteiger partial charge is 0.244 e. The van der Waals surface area contributed by atoms with E-state index in [-0.39, 0.29) is 10.8 Å². The van der Waals surface area contributed by atoms with E-state index in [2.05, 4.69) is 0 Å². The molecular formula is C13H15FN2O2S. The van der Waals surface area contributed by atoms with Crippen molar-refractivity contribution >= 4 is 10.0 Å². The quantitative estimate of drug-likeness (QED) is 0.834. The Hall–Kier alpha value is -1.45. The summed E-state index contributed by atoms with van der Waals surface area (Å²) in [6.45, 7) is 2.83. The molecule has 1 saturated heterocycles. The van der Waals surface area contributed by atoms with E-state index in [0.717, 1.165) is 18.9 Å². The van der Waals surface area contributed by atoms with Crippen molar-refractivity contribution in [1.82, 2.24) is 4.31 Å². The summed E-state index contributed by atoms with van der Waals surface area (Å²) in [5.41, 5.74) is -0.402. The number of hydrogen-bond donors (Lipinski definition) is 0. The average molecular weight is 282 g/mol. The van der Waals surface area contributed by atoms with Crippen LogP contribution >= 0.6 is 0 Å². The fraction of sp³-hybridized carbons (Fsp3) is 0.462. The third-order valence-corrected chi connectivity index (χ3v) is 5.23. The second-order valence-corrected chi connectivity index (χ2v) is 6.74. The molecule has 0 amide bonds. The van der Waals surface area contributed by atoms with Crippen molar-refractivity contribution < 1.29 is 12.8 Å². The Morgan fingerprint density at radius 2 is 2.21 bits per heavy atom. The summed E-state index contributed by atoms with van der Waals surface area (Å²) in [6.07, 6.45) is 1.78. The molecule has 102 valence electrons. The molecule has 1 heterocycles. The number of piperidine rings is 1. The van der Waals surface area contributed by atoms with E-state index in [1.165, 1.54) is 16.4 Å². The first kappa shape index (κ1) is 14.0. The van der Waals surface area contributed by atoms with Crippen LogP contribution in [0.3, 0.4) is 0 Å². The molecule has 0 radical (unpaired) electrons. The van der Waals surface area contributed by atoms with Gasteiger partial charge in [0.05, 0.1) is 0 Å². The average Bonchev–Trinajstić information content (AvgIpc) is 2.38. The van der Waals surface area contributed by atoms with Crippen molar-refractivity contribution in [3.63, 3.8) is 0 Å². The maximum Gasteiger partial charge on any atom is 0.244 e. The molecule has 0 bridgehead atoms. The van der Waals surface area contributed by atoms with Crippen molar-refractivity contribution in [1.29, 1.82) is 5.26 Å². The maximum absolute atomic E-state index is 13.5. The molecule has 1 atom stereocenters. The fourth-order valence-electron chi connectivity index (χ4n) is 2.33. The van der Waals surface area contributed by atoms with Crippen LogP contribution in [-0.4, -0.2) is 25.8 Å². The molecule has 0 spiro atoms. The monoisotopic (exact) mass is 282 g/mol. The lowest BCUT2D eigenvalue weighted by molar-refractivity contribution is 0.281. The number of hydrogen-bond acceptors (Lipinski definition) is 3. The number of rotatable bonds is 2. The highest BCUT2D eigenvalue weighted by Gasteiger charge is 2.31. The molecule has 1 aliphatic rings. The SMILES string of the molecule is CC1CCCN(S(=O)(=O)c2cccc(F)c2C#N)C1. The van der Waals surface area contributed by atoms with Gasteiger partial charge in [-0.05, 0) is 30.9 Å². The lowest BCUT2D eigenvalue weighted by Gasteiger charge is -2.30. The summed E-state index contributed by atoms with van der Waals surface area (Å²) < 4.78 is 39.8. The molecule has 1 aliphatic heterocycles. The molecule has 19 heavy (non-hydrogen) atoms. The number of sulfonamides is 1. The van der Waals surface area contributed by atoms with Crippen LogP contribution in [0.1, 0.15) is 25.3 Å². The molecule has 1 aromatic rings. The van der Waals surface area contributed by atoms with Gasteiger partial charge >= 0.3 is 0 Å². The summed E-state index contributed by atoms with van der Waals surface area (Å²) in [5, 5.41) is 8.94. The van der Waals surface area contributed by atoms with Gasteiger partial charge in [-0.3, -0.25) is 0 Å². The van der Waals surface area contributed by atoms with Crippen molar-refractivity contribution in [2.45, 2.75) is 24.7 Å². The van der Waals surface area contributed by atoms with Gasteiger partial charge in [-0.1, -0.05) is 13.0 Å². The van der Waals surface area contributed by atoms with Crippen LogP contribution in [0, 0.1) is 23.1 Å². The molecule has 1 unspecified atom stereocenters. The van der Waals surface area contributed by atoms with E-state index in [1.807, 2.05) is 6.92 Å². The van der Waals surface area contributed by atoms with E-state index < -0.39 is 21.4 Å². The topological polar surface area (TPSA) is 61.2 Å². The summed E-state index contributed by atoms with van der Waals surface area (Å²) in [5.74, 6) is -0.517. The van der Waals surface area contributed by atoms with Gasteiger partial charge in [0.15, 0.2) is 0 Å². The third kappa shape index (κ3) is 2.62. The highest BCUT2D eigenvalue weighted by atomic mass is 32.2. The smallest absolute Gasteiger partial charge is 0.207 e. The number of nitriles is 1. The Morgan fingerprint density at radius 3 is 2.84 bits per heavy atom. The van der Waals surface area contributed by atoms with Crippen molar-refractivity contribution in [2.24, 2.45) is 5.92 Å². The lowest BCUT2D eigenvalue weighted by Crippen LogP contribution is -2.39. The highest BCUT2D eigenvalue weighted by Crippen LogP contribution is 2.26. The van der Waals surface area contributed by atoms with Crippen LogP contribution in [0.5, 0.6) is 0 Å². The molecule has 4 nitrogen and oxygen atoms in total. The van der Waals surface area contributed by atoms with Gasteiger partial charge in [0.2, 0.25) is 10.0 Å². The minimum absolute atomic E-state index is 0.232. The molecular weight excluding hydrogens is 267 g/mol. The van der Waals surface area contributed by atoms with Gasteiger partial charge < -0.3 is 0 Å². The molecule has 1 aromatic carbocycles. The number of nitrogens with zero attached hydrogens (tertiary/aromatic N) is 2. The van der Waals surface area contributed by atoms with Gasteiger partial charge in [-0.2, -0.15) is 9.57 Å². The van der Waals surface area contributed by atoms with E-state index in [9.17, 15) is 12.8 Å². The van der Waals surface area contributed by atoms with Crippen molar-refractivity contribution in [3.05, 3.63) is 29.6 Å². The molecule has 0 aliphatic carbocycles. The van der Waals surface area contributed by atoms with Crippen LogP contribution in [-0.2, 0) is 10.0 Å². The lowest BCUT2D eigenvalue weighted by atomic mass is 10.0. The Kier molecular flexibility index (Phi) is 3.88. The summed E-state index contributed by atoms with van der Waals surface area (Å²) in [4.78, 5) is -0.232. The first-order valence-corrected chi connectivity index (χ1v) is 7.59. The zero-order valence-electron chi connectivity index (χ0n) is 10.6. The standard InChI is InChI=1S/C13H15FN2O2S/c1-10-4-3-7-16(9-10)19(17,18)13-6-2-5-12(14)11(13)8-15/h2,5-6,10H,3-4,7,9H2,1H3. The van der Waals surface area contributed by atoms with Gasteiger partial charge in [-0.25, -0.2) is 12.8 Å². The van der Waals surface area contributed by atoms with Crippen LogP contribution in [0.4, 0.5) is 4.39 Å². The van der Waals surface area contributed by atoms with E-state index in [1.54, 1.807) is 6.07 Å². The van der Waals surface area contributed by atoms with Crippen LogP contribution < -0.4 is 0 Å². The summed E-state index contributed by atoms with van der Waals surface area (Å²) in [6, 6.07) is 5.34. The number of halogens is 1. The molecule has 0 saturated carbocycles. The van der Waals surface area contributed by atoms with E-state index in [4.69, 9.17) is 5.26 Å². The van der Waals surface area contributed by atoms with Gasteiger partial charge in [0.25, 0.3) is 0 Å². The predicted octanol–water partition coefficient (Wildman–Crippen LogP) is 2.12. The van der Waals surface area contributed by atoms with Gasteiger partial charge in [0.1, 0.15) is 22.3 Å². The molecule has 0 aromatic heterocycles. The minimum atomic E-state index is -3.79. The Balaban J connectivity index is 2.46. The first-order chi connectivity index (χ1) is 8.96. The molecule has 1 fully saturated rings. The highest BCUT2D eigenvalue weighted by molar-refractivity contribution is 7.89.